The Morgan fingerprint density at radius 1 is 1.16 bits per heavy atom. The molecule has 0 fully saturated rings. The molecule has 0 unspecified atom stereocenters. The largest absolute Gasteiger partial charge is 0.501 e. The SMILES string of the molecule is C=COCCSc1nc2ccccc2c2nc(-c3cccnc3)nn12. The summed E-state index contributed by atoms with van der Waals surface area (Å²) in [6.07, 6.45) is 4.94. The Kier molecular flexibility index (Phi) is 4.30. The highest BCUT2D eigenvalue weighted by molar-refractivity contribution is 7.99. The van der Waals surface area contributed by atoms with Crippen molar-refractivity contribution in [1.82, 2.24) is 24.6 Å². The first-order valence-corrected chi connectivity index (χ1v) is 8.76. The van der Waals surface area contributed by atoms with Gasteiger partial charge in [-0.25, -0.2) is 9.97 Å². The van der Waals surface area contributed by atoms with Crippen LogP contribution < -0.4 is 0 Å². The van der Waals surface area contributed by atoms with E-state index in [-0.39, 0.29) is 0 Å². The van der Waals surface area contributed by atoms with Gasteiger partial charge in [0.2, 0.25) is 0 Å². The molecule has 3 aromatic heterocycles. The Bertz CT molecular complexity index is 1030. The van der Waals surface area contributed by atoms with E-state index in [1.54, 1.807) is 28.7 Å². The zero-order valence-electron chi connectivity index (χ0n) is 13.4. The Labute approximate surface area is 148 Å². The molecule has 0 N–H and O–H groups in total. The predicted octanol–water partition coefficient (Wildman–Crippen LogP) is 3.59. The molecular weight excluding hydrogens is 334 g/mol. The molecule has 0 spiro atoms. The molecule has 0 radical (unpaired) electrons. The van der Waals surface area contributed by atoms with Gasteiger partial charge < -0.3 is 4.74 Å². The summed E-state index contributed by atoms with van der Waals surface area (Å²) in [7, 11) is 0. The van der Waals surface area contributed by atoms with Crippen LogP contribution in [0.3, 0.4) is 0 Å². The minimum atomic E-state index is 0.564. The fourth-order valence-electron chi connectivity index (χ4n) is 2.51. The quantitative estimate of drug-likeness (QED) is 0.229. The van der Waals surface area contributed by atoms with Crippen molar-refractivity contribution in [3.05, 3.63) is 61.6 Å². The van der Waals surface area contributed by atoms with E-state index >= 15 is 0 Å². The van der Waals surface area contributed by atoms with E-state index in [4.69, 9.17) is 14.7 Å². The third kappa shape index (κ3) is 3.06. The average Bonchev–Trinajstić information content (AvgIpc) is 3.12. The molecule has 0 bridgehead atoms. The third-order valence-corrected chi connectivity index (χ3v) is 4.51. The Morgan fingerprint density at radius 3 is 2.92 bits per heavy atom. The molecule has 25 heavy (non-hydrogen) atoms. The zero-order valence-corrected chi connectivity index (χ0v) is 14.2. The van der Waals surface area contributed by atoms with Crippen LogP contribution in [0.2, 0.25) is 0 Å². The van der Waals surface area contributed by atoms with Crippen LogP contribution >= 0.6 is 11.8 Å². The number of hydrogen-bond acceptors (Lipinski definition) is 6. The maximum Gasteiger partial charge on any atom is 0.191 e. The van der Waals surface area contributed by atoms with Crippen LogP contribution in [0.15, 0.2) is 66.8 Å². The topological polar surface area (TPSA) is 65.2 Å². The molecule has 0 aliphatic heterocycles. The number of nitrogens with zero attached hydrogens (tertiary/aromatic N) is 5. The van der Waals surface area contributed by atoms with E-state index in [1.165, 1.54) is 6.26 Å². The van der Waals surface area contributed by atoms with Crippen molar-refractivity contribution < 1.29 is 4.74 Å². The van der Waals surface area contributed by atoms with Crippen molar-refractivity contribution in [2.24, 2.45) is 0 Å². The third-order valence-electron chi connectivity index (χ3n) is 3.62. The molecule has 3 heterocycles. The maximum atomic E-state index is 5.19. The fourth-order valence-corrected chi connectivity index (χ4v) is 3.28. The van der Waals surface area contributed by atoms with Gasteiger partial charge in [-0.2, -0.15) is 4.52 Å². The predicted molar refractivity (Wildman–Crippen MR) is 98.4 cm³/mol. The van der Waals surface area contributed by atoms with Crippen LogP contribution in [0.5, 0.6) is 0 Å². The van der Waals surface area contributed by atoms with Crippen molar-refractivity contribution in [2.45, 2.75) is 5.16 Å². The first kappa shape index (κ1) is 15.6. The van der Waals surface area contributed by atoms with Gasteiger partial charge in [0, 0.05) is 29.1 Å². The number of hydrogen-bond donors (Lipinski definition) is 0. The lowest BCUT2D eigenvalue weighted by Gasteiger charge is -2.05. The average molecular weight is 349 g/mol. The summed E-state index contributed by atoms with van der Waals surface area (Å²) in [6, 6.07) is 11.8. The number of thioether (sulfide) groups is 1. The normalized spacial score (nSPS) is 11.0. The van der Waals surface area contributed by atoms with Crippen molar-refractivity contribution in [1.29, 1.82) is 0 Å². The highest BCUT2D eigenvalue weighted by Crippen LogP contribution is 2.26. The summed E-state index contributed by atoms with van der Waals surface area (Å²) in [5, 5.41) is 6.40. The summed E-state index contributed by atoms with van der Waals surface area (Å²) in [5.41, 5.74) is 2.56. The van der Waals surface area contributed by atoms with E-state index in [2.05, 4.69) is 16.7 Å². The van der Waals surface area contributed by atoms with Gasteiger partial charge in [0.15, 0.2) is 16.6 Å². The number of aromatic nitrogens is 5. The van der Waals surface area contributed by atoms with E-state index in [9.17, 15) is 0 Å². The molecule has 1 aromatic carbocycles. The second-order valence-electron chi connectivity index (χ2n) is 5.21. The second kappa shape index (κ2) is 6.90. The van der Waals surface area contributed by atoms with E-state index in [0.29, 0.717) is 12.4 Å². The van der Waals surface area contributed by atoms with Crippen molar-refractivity contribution in [3.8, 4) is 11.4 Å². The number of ether oxygens (including phenoxy) is 1. The molecule has 0 atom stereocenters. The molecule has 0 aliphatic carbocycles. The molecule has 7 heteroatoms. The molecule has 6 nitrogen and oxygen atoms in total. The molecule has 4 aromatic rings. The van der Waals surface area contributed by atoms with Gasteiger partial charge in [-0.3, -0.25) is 4.98 Å². The summed E-state index contributed by atoms with van der Waals surface area (Å²) in [4.78, 5) is 13.6. The summed E-state index contributed by atoms with van der Waals surface area (Å²) >= 11 is 1.57. The van der Waals surface area contributed by atoms with Crippen molar-refractivity contribution in [2.75, 3.05) is 12.4 Å². The lowest BCUT2D eigenvalue weighted by atomic mass is 10.2. The molecular formula is C18H15N5OS. The molecule has 4 rings (SSSR count). The van der Waals surface area contributed by atoms with E-state index < -0.39 is 0 Å². The Morgan fingerprint density at radius 2 is 2.08 bits per heavy atom. The highest BCUT2D eigenvalue weighted by Gasteiger charge is 2.14. The summed E-state index contributed by atoms with van der Waals surface area (Å²) < 4.78 is 6.99. The summed E-state index contributed by atoms with van der Waals surface area (Å²) in [5.74, 6) is 1.38. The second-order valence-corrected chi connectivity index (χ2v) is 6.27. The van der Waals surface area contributed by atoms with Crippen LogP contribution in [0.25, 0.3) is 27.9 Å². The molecule has 0 aliphatic rings. The van der Waals surface area contributed by atoms with Gasteiger partial charge >= 0.3 is 0 Å². The first-order valence-electron chi connectivity index (χ1n) is 7.78. The monoisotopic (exact) mass is 349 g/mol. The van der Waals surface area contributed by atoms with Crippen LogP contribution in [-0.4, -0.2) is 36.9 Å². The minimum absolute atomic E-state index is 0.564. The lowest BCUT2D eigenvalue weighted by Crippen LogP contribution is -2.00. The van der Waals surface area contributed by atoms with E-state index in [1.807, 2.05) is 36.4 Å². The number of para-hydroxylation sites is 1. The van der Waals surface area contributed by atoms with Crippen LogP contribution in [0.1, 0.15) is 0 Å². The van der Waals surface area contributed by atoms with Gasteiger partial charge in [0.05, 0.1) is 18.4 Å². The summed E-state index contributed by atoms with van der Waals surface area (Å²) in [6.45, 7) is 4.12. The zero-order chi connectivity index (χ0) is 17.1. The molecule has 0 amide bonds. The minimum Gasteiger partial charge on any atom is -0.501 e. The molecule has 0 saturated heterocycles. The molecule has 0 saturated carbocycles. The van der Waals surface area contributed by atoms with Crippen LogP contribution in [0, 0.1) is 0 Å². The molecule has 124 valence electrons. The van der Waals surface area contributed by atoms with Gasteiger partial charge in [0.25, 0.3) is 0 Å². The number of pyridine rings is 1. The Balaban J connectivity index is 1.84. The van der Waals surface area contributed by atoms with Crippen LogP contribution in [0.4, 0.5) is 0 Å². The van der Waals surface area contributed by atoms with E-state index in [0.717, 1.165) is 33.0 Å². The van der Waals surface area contributed by atoms with Gasteiger partial charge in [0.1, 0.15) is 0 Å². The maximum absolute atomic E-state index is 5.19. The van der Waals surface area contributed by atoms with Crippen molar-refractivity contribution >= 4 is 28.3 Å². The fraction of sp³-hybridized carbons (Fsp3) is 0.111. The highest BCUT2D eigenvalue weighted by atomic mass is 32.2. The van der Waals surface area contributed by atoms with Gasteiger partial charge in [-0.1, -0.05) is 30.5 Å². The first-order chi connectivity index (χ1) is 12.4. The van der Waals surface area contributed by atoms with Gasteiger partial charge in [-0.05, 0) is 24.3 Å². The lowest BCUT2D eigenvalue weighted by molar-refractivity contribution is 0.274. The smallest absolute Gasteiger partial charge is 0.191 e. The van der Waals surface area contributed by atoms with Crippen LogP contribution in [-0.2, 0) is 4.74 Å². The van der Waals surface area contributed by atoms with Crippen molar-refractivity contribution in [3.63, 3.8) is 0 Å². The Hall–Kier alpha value is -2.93. The number of rotatable bonds is 6. The number of fused-ring (bicyclic) bond motifs is 3. The standard InChI is InChI=1S/C18H15N5OS/c1-2-24-10-11-25-18-20-15-8-4-3-7-14(15)17-21-16(22-23(17)18)13-6-5-9-19-12-13/h2-9,12H,1,10-11H2. The number of benzene rings is 1. The van der Waals surface area contributed by atoms with Gasteiger partial charge in [-0.15, -0.1) is 5.10 Å².